The van der Waals surface area contributed by atoms with E-state index in [9.17, 15) is 0 Å². The number of aromatic nitrogens is 2. The van der Waals surface area contributed by atoms with E-state index < -0.39 is 0 Å². The molecule has 1 aromatic rings. The van der Waals surface area contributed by atoms with E-state index >= 15 is 0 Å². The van der Waals surface area contributed by atoms with E-state index in [1.807, 2.05) is 24.1 Å². The van der Waals surface area contributed by atoms with E-state index in [-0.39, 0.29) is 6.04 Å². The quantitative estimate of drug-likeness (QED) is 0.356. The molecule has 104 valence electrons. The van der Waals surface area contributed by atoms with Crippen LogP contribution >= 0.6 is 0 Å². The predicted molar refractivity (Wildman–Crippen MR) is 70.0 cm³/mol. The Balaban J connectivity index is 2.13. The zero-order valence-corrected chi connectivity index (χ0v) is 11.3. The Kier molecular flexibility index (Phi) is 7.59. The molecule has 6 nitrogen and oxygen atoms in total. The van der Waals surface area contributed by atoms with Gasteiger partial charge in [0.25, 0.3) is 0 Å². The van der Waals surface area contributed by atoms with Gasteiger partial charge in [-0.05, 0) is 24.8 Å². The Morgan fingerprint density at radius 3 is 2.83 bits per heavy atom. The van der Waals surface area contributed by atoms with Gasteiger partial charge in [-0.1, -0.05) is 0 Å². The number of nitrogens with zero attached hydrogens (tertiary/aromatic N) is 2. The van der Waals surface area contributed by atoms with Crippen LogP contribution in [-0.4, -0.2) is 42.8 Å². The maximum atomic E-state index is 5.53. The number of hydrogen-bond acceptors (Lipinski definition) is 5. The molecule has 1 atom stereocenters. The van der Waals surface area contributed by atoms with E-state index in [0.29, 0.717) is 19.8 Å². The van der Waals surface area contributed by atoms with E-state index in [1.165, 1.54) is 5.56 Å². The zero-order chi connectivity index (χ0) is 13.2. The second kappa shape index (κ2) is 9.04. The number of ether oxygens (including phenoxy) is 2. The number of hydrazine groups is 1. The van der Waals surface area contributed by atoms with Gasteiger partial charge in [0.1, 0.15) is 0 Å². The summed E-state index contributed by atoms with van der Waals surface area (Å²) < 4.78 is 12.1. The summed E-state index contributed by atoms with van der Waals surface area (Å²) in [6.07, 6.45) is 6.78. The molecule has 0 aliphatic rings. The molecular weight excluding hydrogens is 232 g/mol. The fourth-order valence-corrected chi connectivity index (χ4v) is 1.72. The van der Waals surface area contributed by atoms with Crippen LogP contribution in [0.2, 0.25) is 0 Å². The van der Waals surface area contributed by atoms with Gasteiger partial charge >= 0.3 is 0 Å². The van der Waals surface area contributed by atoms with Crippen molar-refractivity contribution in [2.45, 2.75) is 25.3 Å². The highest BCUT2D eigenvalue weighted by molar-refractivity contribution is 5.03. The van der Waals surface area contributed by atoms with Gasteiger partial charge in [-0.15, -0.1) is 0 Å². The molecule has 1 rings (SSSR count). The first-order valence-electron chi connectivity index (χ1n) is 6.26. The number of aryl methyl sites for hydroxylation is 2. The van der Waals surface area contributed by atoms with E-state index in [4.69, 9.17) is 15.3 Å². The first-order chi connectivity index (χ1) is 8.76. The first-order valence-corrected chi connectivity index (χ1v) is 6.26. The average Bonchev–Trinajstić information content (AvgIpc) is 2.78. The average molecular weight is 256 g/mol. The van der Waals surface area contributed by atoms with Crippen LogP contribution in [0.5, 0.6) is 0 Å². The van der Waals surface area contributed by atoms with Gasteiger partial charge in [0.05, 0.1) is 19.4 Å². The lowest BCUT2D eigenvalue weighted by Gasteiger charge is -2.15. The lowest BCUT2D eigenvalue weighted by molar-refractivity contribution is 0.0654. The van der Waals surface area contributed by atoms with Gasteiger partial charge in [0.15, 0.2) is 0 Å². The third-order valence-corrected chi connectivity index (χ3v) is 2.82. The Hall–Kier alpha value is -0.950. The summed E-state index contributed by atoms with van der Waals surface area (Å²) in [5.74, 6) is 5.53. The SMILES string of the molecule is COCCOCCC(CCc1cnn(C)c1)NN. The molecule has 0 bridgehead atoms. The van der Waals surface area contributed by atoms with Gasteiger partial charge in [0, 0.05) is 33.0 Å². The van der Waals surface area contributed by atoms with Crippen molar-refractivity contribution in [3.8, 4) is 0 Å². The molecule has 0 saturated carbocycles. The maximum Gasteiger partial charge on any atom is 0.0700 e. The fraction of sp³-hybridized carbons (Fsp3) is 0.750. The standard InChI is InChI=1S/C12H24N4O2/c1-16-10-11(9-14-16)3-4-12(15-13)5-6-18-8-7-17-2/h9-10,12,15H,3-8,13H2,1-2H3. The third-order valence-electron chi connectivity index (χ3n) is 2.82. The number of nitrogens with two attached hydrogens (primary N) is 1. The van der Waals surface area contributed by atoms with E-state index in [1.54, 1.807) is 7.11 Å². The second-order valence-electron chi connectivity index (χ2n) is 4.32. The molecule has 6 heteroatoms. The summed E-state index contributed by atoms with van der Waals surface area (Å²) in [6.45, 7) is 1.97. The molecule has 0 aliphatic carbocycles. The maximum absolute atomic E-state index is 5.53. The smallest absolute Gasteiger partial charge is 0.0700 e. The van der Waals surface area contributed by atoms with Gasteiger partial charge in [0.2, 0.25) is 0 Å². The molecule has 1 aromatic heterocycles. The lowest BCUT2D eigenvalue weighted by Crippen LogP contribution is -2.36. The largest absolute Gasteiger partial charge is 0.382 e. The molecule has 0 amide bonds. The summed E-state index contributed by atoms with van der Waals surface area (Å²) in [5, 5.41) is 4.14. The highest BCUT2D eigenvalue weighted by Crippen LogP contribution is 2.06. The minimum absolute atomic E-state index is 0.271. The van der Waals surface area contributed by atoms with Crippen LogP contribution in [0, 0.1) is 0 Å². The number of nitrogens with one attached hydrogen (secondary N) is 1. The molecule has 0 saturated heterocycles. The Morgan fingerprint density at radius 1 is 1.39 bits per heavy atom. The molecule has 3 N–H and O–H groups in total. The molecule has 0 radical (unpaired) electrons. The van der Waals surface area contributed by atoms with Gasteiger partial charge in [-0.2, -0.15) is 5.10 Å². The van der Waals surface area contributed by atoms with Crippen LogP contribution in [0.1, 0.15) is 18.4 Å². The van der Waals surface area contributed by atoms with Crippen LogP contribution in [0.25, 0.3) is 0 Å². The van der Waals surface area contributed by atoms with Crippen molar-refractivity contribution in [1.82, 2.24) is 15.2 Å². The monoisotopic (exact) mass is 256 g/mol. The van der Waals surface area contributed by atoms with E-state index in [2.05, 4.69) is 10.5 Å². The number of rotatable bonds is 10. The normalized spacial score (nSPS) is 12.8. The highest BCUT2D eigenvalue weighted by atomic mass is 16.5. The topological polar surface area (TPSA) is 74.3 Å². The Morgan fingerprint density at radius 2 is 2.22 bits per heavy atom. The highest BCUT2D eigenvalue weighted by Gasteiger charge is 2.07. The lowest BCUT2D eigenvalue weighted by atomic mass is 10.1. The van der Waals surface area contributed by atoms with Crippen molar-refractivity contribution in [1.29, 1.82) is 0 Å². The molecule has 0 aliphatic heterocycles. The van der Waals surface area contributed by atoms with Gasteiger partial charge in [-0.25, -0.2) is 0 Å². The molecular formula is C12H24N4O2. The Bertz CT molecular complexity index is 317. The Labute approximate surface area is 108 Å². The van der Waals surface area contributed by atoms with Crippen LogP contribution in [-0.2, 0) is 22.9 Å². The summed E-state index contributed by atoms with van der Waals surface area (Å²) >= 11 is 0. The van der Waals surface area contributed by atoms with Gasteiger partial charge in [-0.3, -0.25) is 16.0 Å². The second-order valence-corrected chi connectivity index (χ2v) is 4.32. The van der Waals surface area contributed by atoms with E-state index in [0.717, 1.165) is 19.3 Å². The zero-order valence-electron chi connectivity index (χ0n) is 11.3. The van der Waals surface area contributed by atoms with Crippen molar-refractivity contribution in [2.75, 3.05) is 26.9 Å². The minimum atomic E-state index is 0.271. The van der Waals surface area contributed by atoms with Gasteiger partial charge < -0.3 is 9.47 Å². The third kappa shape index (κ3) is 6.11. The van der Waals surface area contributed by atoms with Crippen LogP contribution < -0.4 is 11.3 Å². The summed E-state index contributed by atoms with van der Waals surface area (Å²) in [6, 6.07) is 0.271. The van der Waals surface area contributed by atoms with Crippen molar-refractivity contribution in [3.63, 3.8) is 0 Å². The van der Waals surface area contributed by atoms with Crippen LogP contribution in [0.3, 0.4) is 0 Å². The molecule has 1 heterocycles. The summed E-state index contributed by atoms with van der Waals surface area (Å²) in [5.41, 5.74) is 4.07. The first kappa shape index (κ1) is 15.1. The summed E-state index contributed by atoms with van der Waals surface area (Å²) in [7, 11) is 3.59. The minimum Gasteiger partial charge on any atom is -0.382 e. The molecule has 1 unspecified atom stereocenters. The van der Waals surface area contributed by atoms with Crippen molar-refractivity contribution in [3.05, 3.63) is 18.0 Å². The molecule has 18 heavy (non-hydrogen) atoms. The summed E-state index contributed by atoms with van der Waals surface area (Å²) in [4.78, 5) is 0. The number of methoxy groups -OCH3 is 1. The van der Waals surface area contributed by atoms with Crippen molar-refractivity contribution >= 4 is 0 Å². The fourth-order valence-electron chi connectivity index (χ4n) is 1.72. The van der Waals surface area contributed by atoms with Crippen LogP contribution in [0.4, 0.5) is 0 Å². The predicted octanol–water partition coefficient (Wildman–Crippen LogP) is 0.238. The molecule has 0 fully saturated rings. The van der Waals surface area contributed by atoms with Crippen molar-refractivity contribution < 1.29 is 9.47 Å². The molecule has 0 aromatic carbocycles. The molecule has 0 spiro atoms. The number of hydrogen-bond donors (Lipinski definition) is 2. The van der Waals surface area contributed by atoms with Crippen LogP contribution in [0.15, 0.2) is 12.4 Å². The van der Waals surface area contributed by atoms with Crippen molar-refractivity contribution in [2.24, 2.45) is 12.9 Å².